The molecular formula is C26H19FN4O4S. The molecular weight excluding hydrogens is 483 g/mol. The molecule has 0 radical (unpaired) electrons. The Morgan fingerprint density at radius 2 is 2.00 bits per heavy atom. The van der Waals surface area contributed by atoms with E-state index in [1.54, 1.807) is 37.3 Å². The summed E-state index contributed by atoms with van der Waals surface area (Å²) in [6, 6.07) is 12.1. The zero-order chi connectivity index (χ0) is 25.2. The zero-order valence-corrected chi connectivity index (χ0v) is 19.9. The summed E-state index contributed by atoms with van der Waals surface area (Å²) in [5, 5.41) is 11.0. The van der Waals surface area contributed by atoms with Crippen molar-refractivity contribution < 1.29 is 17.0 Å². The summed E-state index contributed by atoms with van der Waals surface area (Å²) in [4.78, 5) is 20.5. The van der Waals surface area contributed by atoms with Crippen molar-refractivity contribution >= 4 is 43.1 Å². The highest BCUT2D eigenvalue weighted by Gasteiger charge is 2.29. The Bertz CT molecular complexity index is 1930. The summed E-state index contributed by atoms with van der Waals surface area (Å²) in [6.45, 7) is 2.10. The predicted octanol–water partition coefficient (Wildman–Crippen LogP) is 4.96. The van der Waals surface area contributed by atoms with Crippen LogP contribution < -0.4 is 10.2 Å². The van der Waals surface area contributed by atoms with E-state index in [9.17, 15) is 22.4 Å². The lowest BCUT2D eigenvalue weighted by atomic mass is 10.0. The van der Waals surface area contributed by atoms with Crippen LogP contribution in [0.3, 0.4) is 0 Å². The van der Waals surface area contributed by atoms with Crippen LogP contribution in [0, 0.1) is 11.3 Å². The smallest absolute Gasteiger partial charge is 0.333 e. The number of halogens is 1. The first-order valence-electron chi connectivity index (χ1n) is 11.4. The van der Waals surface area contributed by atoms with Crippen LogP contribution in [-0.4, -0.2) is 29.6 Å². The molecule has 1 fully saturated rings. The van der Waals surface area contributed by atoms with Gasteiger partial charge in [0.15, 0.2) is 5.43 Å². The average molecular weight is 503 g/mol. The van der Waals surface area contributed by atoms with Gasteiger partial charge in [0, 0.05) is 40.5 Å². The van der Waals surface area contributed by atoms with Gasteiger partial charge < -0.3 is 14.3 Å². The van der Waals surface area contributed by atoms with E-state index in [1.165, 1.54) is 12.3 Å². The van der Waals surface area contributed by atoms with Crippen LogP contribution in [0.25, 0.3) is 44.0 Å². The van der Waals surface area contributed by atoms with Crippen molar-refractivity contribution in [2.45, 2.75) is 30.7 Å². The fraction of sp³-hybridized carbons (Fsp3) is 0.192. The number of benzene rings is 2. The molecule has 1 aliphatic rings. The Morgan fingerprint density at radius 3 is 2.69 bits per heavy atom. The first kappa shape index (κ1) is 22.2. The predicted molar refractivity (Wildman–Crippen MR) is 133 cm³/mol. The van der Waals surface area contributed by atoms with Crippen molar-refractivity contribution in [2.24, 2.45) is 0 Å². The van der Waals surface area contributed by atoms with E-state index in [4.69, 9.17) is 4.74 Å². The lowest BCUT2D eigenvalue weighted by molar-refractivity contribution is 0.342. The van der Waals surface area contributed by atoms with Gasteiger partial charge in [0.25, 0.3) is 0 Å². The Labute approximate surface area is 204 Å². The molecule has 36 heavy (non-hydrogen) atoms. The Kier molecular flexibility index (Phi) is 4.88. The molecule has 1 aliphatic carbocycles. The molecule has 180 valence electrons. The monoisotopic (exact) mass is 502 g/mol. The summed E-state index contributed by atoms with van der Waals surface area (Å²) in [5.74, 6) is 0.366. The van der Waals surface area contributed by atoms with Gasteiger partial charge in [-0.1, -0.05) is 6.07 Å². The van der Waals surface area contributed by atoms with Gasteiger partial charge in [0.2, 0.25) is 0 Å². The molecule has 0 bridgehead atoms. The number of ether oxygens (including phenoxy) is 1. The van der Waals surface area contributed by atoms with Crippen LogP contribution in [0.1, 0.15) is 31.4 Å². The van der Waals surface area contributed by atoms with Gasteiger partial charge in [-0.15, -0.1) is 3.89 Å². The van der Waals surface area contributed by atoms with Gasteiger partial charge in [-0.3, -0.25) is 9.78 Å². The molecule has 6 rings (SSSR count). The Hall–Kier alpha value is -4.23. The minimum absolute atomic E-state index is 0.167. The van der Waals surface area contributed by atoms with Crippen LogP contribution in [-0.2, 0) is 10.2 Å². The molecule has 10 heteroatoms. The Morgan fingerprint density at radius 1 is 1.19 bits per heavy atom. The summed E-state index contributed by atoms with van der Waals surface area (Å²) in [6.07, 6.45) is 4.25. The molecule has 0 aliphatic heterocycles. The summed E-state index contributed by atoms with van der Waals surface area (Å²) >= 11 is 0. The standard InChI is InChI=1S/C26H19FN4O4S/c1-2-35-23-10-20-22(9-19(23)15-8-17(13-29-12-15)36(27,33)34)31(16-4-5-16)26-24(25(20)32)18-6-3-14(11-28)7-21(18)30-26/h3,6-10,12-13,16,30H,2,4-5H2,1H3. The van der Waals surface area contributed by atoms with Crippen molar-refractivity contribution in [3.05, 3.63) is 64.6 Å². The van der Waals surface area contributed by atoms with Gasteiger partial charge in [-0.05, 0) is 50.1 Å². The molecule has 2 aromatic carbocycles. The fourth-order valence-corrected chi connectivity index (χ4v) is 5.23. The van der Waals surface area contributed by atoms with E-state index in [2.05, 4.69) is 20.6 Å². The molecule has 5 aromatic rings. The second-order valence-corrected chi connectivity index (χ2v) is 10.1. The van der Waals surface area contributed by atoms with Gasteiger partial charge in [0.1, 0.15) is 16.3 Å². The van der Waals surface area contributed by atoms with Gasteiger partial charge >= 0.3 is 10.2 Å². The first-order chi connectivity index (χ1) is 17.3. The maximum absolute atomic E-state index is 13.8. The number of nitriles is 1. The van der Waals surface area contributed by atoms with Crippen LogP contribution >= 0.6 is 0 Å². The number of hydrogen-bond donors (Lipinski definition) is 1. The molecule has 0 spiro atoms. The molecule has 3 heterocycles. The summed E-state index contributed by atoms with van der Waals surface area (Å²) in [5.41, 5.74) is 3.16. The number of aromatic amines is 1. The van der Waals surface area contributed by atoms with Crippen LogP contribution in [0.2, 0.25) is 0 Å². The topological polar surface area (TPSA) is 118 Å². The SMILES string of the molecule is CCOc1cc2c(=O)c3c4ccc(C#N)cc4[nH]c3n(C3CC3)c2cc1-c1cncc(S(=O)(=O)F)c1. The lowest BCUT2D eigenvalue weighted by Crippen LogP contribution is -2.11. The maximum Gasteiger partial charge on any atom is 0.333 e. The number of hydrogen-bond acceptors (Lipinski definition) is 6. The van der Waals surface area contributed by atoms with Crippen LogP contribution in [0.5, 0.6) is 5.75 Å². The third-order valence-electron chi connectivity index (χ3n) is 6.50. The number of rotatable bonds is 5. The van der Waals surface area contributed by atoms with Crippen molar-refractivity contribution in [3.8, 4) is 22.9 Å². The fourth-order valence-electron chi connectivity index (χ4n) is 4.78. The summed E-state index contributed by atoms with van der Waals surface area (Å²) < 4.78 is 44.7. The van der Waals surface area contributed by atoms with E-state index in [-0.39, 0.29) is 11.5 Å². The Balaban J connectivity index is 1.73. The van der Waals surface area contributed by atoms with Crippen molar-refractivity contribution in [1.82, 2.24) is 14.5 Å². The van der Waals surface area contributed by atoms with Crippen LogP contribution in [0.15, 0.2) is 58.5 Å². The van der Waals surface area contributed by atoms with E-state index in [0.717, 1.165) is 24.4 Å². The minimum atomic E-state index is -4.96. The van der Waals surface area contributed by atoms with Gasteiger partial charge in [-0.2, -0.15) is 13.7 Å². The van der Waals surface area contributed by atoms with Crippen molar-refractivity contribution in [2.75, 3.05) is 6.61 Å². The summed E-state index contributed by atoms with van der Waals surface area (Å²) in [7, 11) is -4.96. The normalized spacial score (nSPS) is 13.9. The van der Waals surface area contributed by atoms with Gasteiger partial charge in [-0.25, -0.2) is 0 Å². The molecule has 1 N–H and O–H groups in total. The number of fused-ring (bicyclic) bond motifs is 4. The highest BCUT2D eigenvalue weighted by molar-refractivity contribution is 7.86. The number of nitrogens with zero attached hydrogens (tertiary/aromatic N) is 3. The maximum atomic E-state index is 13.8. The highest BCUT2D eigenvalue weighted by Crippen LogP contribution is 2.43. The van der Waals surface area contributed by atoms with E-state index in [0.29, 0.717) is 56.5 Å². The molecule has 0 saturated heterocycles. The molecule has 0 atom stereocenters. The number of nitrogens with one attached hydrogen (secondary N) is 1. The largest absolute Gasteiger partial charge is 0.493 e. The van der Waals surface area contributed by atoms with E-state index < -0.39 is 15.1 Å². The lowest BCUT2D eigenvalue weighted by Gasteiger charge is -2.17. The minimum Gasteiger partial charge on any atom is -0.493 e. The molecule has 3 aromatic heterocycles. The van der Waals surface area contributed by atoms with E-state index in [1.807, 2.05) is 0 Å². The first-order valence-corrected chi connectivity index (χ1v) is 12.8. The third-order valence-corrected chi connectivity index (χ3v) is 7.28. The average Bonchev–Trinajstić information content (AvgIpc) is 3.62. The molecule has 8 nitrogen and oxygen atoms in total. The highest BCUT2D eigenvalue weighted by atomic mass is 32.3. The van der Waals surface area contributed by atoms with Crippen LogP contribution in [0.4, 0.5) is 3.89 Å². The van der Waals surface area contributed by atoms with Crippen molar-refractivity contribution in [3.63, 3.8) is 0 Å². The second-order valence-electron chi connectivity index (χ2n) is 8.80. The number of aromatic nitrogens is 3. The quantitative estimate of drug-likeness (QED) is 0.339. The number of H-pyrrole nitrogens is 1. The molecule has 0 amide bonds. The van der Waals surface area contributed by atoms with Crippen molar-refractivity contribution in [1.29, 1.82) is 5.26 Å². The number of pyridine rings is 2. The molecule has 0 unspecified atom stereocenters. The second kappa shape index (κ2) is 7.90. The third kappa shape index (κ3) is 3.43. The van der Waals surface area contributed by atoms with Gasteiger partial charge in [0.05, 0.1) is 34.5 Å². The zero-order valence-electron chi connectivity index (χ0n) is 19.1. The molecule has 1 saturated carbocycles. The van der Waals surface area contributed by atoms with E-state index >= 15 is 0 Å².